The van der Waals surface area contributed by atoms with Crippen LogP contribution in [-0.4, -0.2) is 22.7 Å². The van der Waals surface area contributed by atoms with Crippen LogP contribution in [0.2, 0.25) is 0 Å². The standard InChI is InChI=1S/C13H24IP/c1-4-7-10-15(13-14,11-8-5-2)12-9-6-3/h4-9,15H,10-13H2,1-3H3. The zero-order valence-corrected chi connectivity index (χ0v) is 13.3. The van der Waals surface area contributed by atoms with Gasteiger partial charge >= 0.3 is 110 Å². The Morgan fingerprint density at radius 2 is 1.13 bits per heavy atom. The van der Waals surface area contributed by atoms with Gasteiger partial charge < -0.3 is 0 Å². The van der Waals surface area contributed by atoms with Crippen molar-refractivity contribution in [1.29, 1.82) is 0 Å². The Morgan fingerprint density at radius 1 is 0.800 bits per heavy atom. The molecule has 0 radical (unpaired) electrons. The molecule has 0 atom stereocenters. The summed E-state index contributed by atoms with van der Waals surface area (Å²) < 4.78 is 1.35. The molecule has 0 spiro atoms. The summed E-state index contributed by atoms with van der Waals surface area (Å²) in [5.74, 6) is 0. The van der Waals surface area contributed by atoms with Crippen molar-refractivity contribution in [1.82, 2.24) is 0 Å². The number of allylic oxidation sites excluding steroid dienone is 6. The quantitative estimate of drug-likeness (QED) is 0.269. The first kappa shape index (κ1) is 15.4. The molecule has 0 heterocycles. The van der Waals surface area contributed by atoms with Gasteiger partial charge in [-0.15, -0.1) is 0 Å². The van der Waals surface area contributed by atoms with Crippen LogP contribution in [0, 0.1) is 0 Å². The van der Waals surface area contributed by atoms with Crippen LogP contribution in [0.4, 0.5) is 0 Å². The first-order valence-electron chi connectivity index (χ1n) is 5.64. The Hall–Kier alpha value is 0.380. The SMILES string of the molecule is CC=CC[PH](CI)(CC=CC)CC=CC. The molecule has 0 aliphatic rings. The second kappa shape index (κ2) is 9.59. The van der Waals surface area contributed by atoms with E-state index in [1.54, 1.807) is 0 Å². The van der Waals surface area contributed by atoms with E-state index in [-0.39, 0.29) is 0 Å². The zero-order chi connectivity index (χ0) is 11.6. The van der Waals surface area contributed by atoms with Gasteiger partial charge in [-0.2, -0.15) is 0 Å². The molecule has 0 saturated carbocycles. The van der Waals surface area contributed by atoms with Gasteiger partial charge in [0, 0.05) is 0 Å². The van der Waals surface area contributed by atoms with E-state index in [1.165, 1.54) is 22.7 Å². The van der Waals surface area contributed by atoms with Gasteiger partial charge in [0.15, 0.2) is 0 Å². The zero-order valence-electron chi connectivity index (χ0n) is 10.2. The topological polar surface area (TPSA) is 0 Å². The number of rotatable bonds is 7. The molecule has 0 fully saturated rings. The molecule has 2 heteroatoms. The van der Waals surface area contributed by atoms with Crippen molar-refractivity contribution in [2.24, 2.45) is 0 Å². The number of halogens is 1. The molecule has 0 rings (SSSR count). The van der Waals surface area contributed by atoms with Crippen molar-refractivity contribution in [2.45, 2.75) is 20.8 Å². The van der Waals surface area contributed by atoms with Crippen molar-refractivity contribution in [2.75, 3.05) is 22.7 Å². The summed E-state index contributed by atoms with van der Waals surface area (Å²) in [7, 11) is -1.11. The summed E-state index contributed by atoms with van der Waals surface area (Å²) >= 11 is 2.58. The van der Waals surface area contributed by atoms with Gasteiger partial charge in [0.1, 0.15) is 0 Å². The van der Waals surface area contributed by atoms with E-state index in [1.807, 2.05) is 0 Å². The Labute approximate surface area is 109 Å². The van der Waals surface area contributed by atoms with Gasteiger partial charge in [-0.3, -0.25) is 0 Å². The third kappa shape index (κ3) is 6.52. The molecule has 15 heavy (non-hydrogen) atoms. The fourth-order valence-electron chi connectivity index (χ4n) is 1.52. The summed E-state index contributed by atoms with van der Waals surface area (Å²) in [5.41, 5.74) is 0. The fraction of sp³-hybridized carbons (Fsp3) is 0.538. The molecule has 0 bridgehead atoms. The average Bonchev–Trinajstić information content (AvgIpc) is 2.29. The Balaban J connectivity index is 4.57. The van der Waals surface area contributed by atoms with E-state index in [0.717, 1.165) is 0 Å². The van der Waals surface area contributed by atoms with Crippen LogP contribution < -0.4 is 0 Å². The molecule has 0 aromatic rings. The van der Waals surface area contributed by atoms with Crippen LogP contribution in [0.5, 0.6) is 0 Å². The normalized spacial score (nSPS) is 14.7. The predicted molar refractivity (Wildman–Crippen MR) is 86.2 cm³/mol. The van der Waals surface area contributed by atoms with Crippen LogP contribution in [0.3, 0.4) is 0 Å². The third-order valence-electron chi connectivity index (χ3n) is 2.64. The van der Waals surface area contributed by atoms with Crippen LogP contribution in [0.1, 0.15) is 20.8 Å². The Morgan fingerprint density at radius 3 is 1.33 bits per heavy atom. The van der Waals surface area contributed by atoms with E-state index in [0.29, 0.717) is 0 Å². The molecule has 0 N–H and O–H groups in total. The number of hydrogen-bond donors (Lipinski definition) is 0. The maximum absolute atomic E-state index is 2.58. The second-order valence-corrected chi connectivity index (χ2v) is 10.7. The Kier molecular flexibility index (Phi) is 9.84. The summed E-state index contributed by atoms with van der Waals surface area (Å²) in [6.45, 7) is 6.37. The minimum absolute atomic E-state index is 1.11. The van der Waals surface area contributed by atoms with E-state index >= 15 is 0 Å². The molecular formula is C13H24IP. The van der Waals surface area contributed by atoms with Crippen LogP contribution in [0.25, 0.3) is 0 Å². The molecule has 0 unspecified atom stereocenters. The molecule has 0 amide bonds. The van der Waals surface area contributed by atoms with Gasteiger partial charge in [-0.05, 0) is 0 Å². The van der Waals surface area contributed by atoms with Crippen molar-refractivity contribution in [3.8, 4) is 0 Å². The van der Waals surface area contributed by atoms with Crippen molar-refractivity contribution in [3.05, 3.63) is 36.5 Å². The summed E-state index contributed by atoms with van der Waals surface area (Å²) in [6, 6.07) is 0. The van der Waals surface area contributed by atoms with Crippen molar-refractivity contribution in [3.63, 3.8) is 0 Å². The van der Waals surface area contributed by atoms with Crippen molar-refractivity contribution < 1.29 is 0 Å². The number of alkyl halides is 1. The first-order chi connectivity index (χ1) is 7.24. The van der Waals surface area contributed by atoms with Crippen molar-refractivity contribution >= 4 is 29.9 Å². The number of hydrogen-bond acceptors (Lipinski definition) is 0. The van der Waals surface area contributed by atoms with E-state index in [9.17, 15) is 0 Å². The van der Waals surface area contributed by atoms with Gasteiger partial charge in [-0.1, -0.05) is 0 Å². The van der Waals surface area contributed by atoms with Gasteiger partial charge in [-0.25, -0.2) is 0 Å². The monoisotopic (exact) mass is 338 g/mol. The summed E-state index contributed by atoms with van der Waals surface area (Å²) in [5, 5.41) is 0. The molecule has 0 aliphatic carbocycles. The second-order valence-electron chi connectivity index (χ2n) is 3.95. The molecule has 0 aromatic carbocycles. The van der Waals surface area contributed by atoms with Gasteiger partial charge in [0.2, 0.25) is 0 Å². The van der Waals surface area contributed by atoms with Crippen LogP contribution in [-0.2, 0) is 0 Å². The van der Waals surface area contributed by atoms with E-state index in [2.05, 4.69) is 79.8 Å². The predicted octanol–water partition coefficient (Wildman–Crippen LogP) is 4.86. The molecule has 88 valence electrons. The molecular weight excluding hydrogens is 314 g/mol. The minimum atomic E-state index is -1.11. The summed E-state index contributed by atoms with van der Waals surface area (Å²) in [6.07, 6.45) is 17.6. The summed E-state index contributed by atoms with van der Waals surface area (Å²) in [4.78, 5) is 0. The Bertz CT molecular complexity index is 193. The van der Waals surface area contributed by atoms with Crippen LogP contribution in [0.15, 0.2) is 36.5 Å². The van der Waals surface area contributed by atoms with E-state index in [4.69, 9.17) is 0 Å². The van der Waals surface area contributed by atoms with Gasteiger partial charge in [0.05, 0.1) is 0 Å². The van der Waals surface area contributed by atoms with Crippen LogP contribution >= 0.6 is 29.9 Å². The third-order valence-corrected chi connectivity index (χ3v) is 11.4. The maximum atomic E-state index is 2.58. The molecule has 0 nitrogen and oxygen atoms in total. The first-order valence-corrected chi connectivity index (χ1v) is 9.99. The van der Waals surface area contributed by atoms with E-state index < -0.39 is 7.26 Å². The molecule has 0 aliphatic heterocycles. The average molecular weight is 338 g/mol. The molecule has 0 saturated heterocycles. The fourth-order valence-corrected chi connectivity index (χ4v) is 7.35. The van der Waals surface area contributed by atoms with Gasteiger partial charge in [0.25, 0.3) is 0 Å². The molecule has 0 aromatic heterocycles.